The third-order valence-electron chi connectivity index (χ3n) is 9.20. The minimum atomic E-state index is -1.32. The van der Waals surface area contributed by atoms with Crippen LogP contribution in [0.1, 0.15) is 72.6 Å². The Morgan fingerprint density at radius 2 is 1.90 bits per heavy atom. The van der Waals surface area contributed by atoms with Crippen LogP contribution >= 0.6 is 0 Å². The van der Waals surface area contributed by atoms with Gasteiger partial charge in [-0.3, -0.25) is 14.4 Å². The van der Waals surface area contributed by atoms with E-state index in [0.29, 0.717) is 25.7 Å². The highest BCUT2D eigenvalue weighted by Gasteiger charge is 2.68. The van der Waals surface area contributed by atoms with Crippen LogP contribution in [0.4, 0.5) is 4.39 Å². The highest BCUT2D eigenvalue weighted by atomic mass is 19.1. The van der Waals surface area contributed by atoms with E-state index < -0.39 is 17.1 Å². The molecule has 160 valence electrons. The Hall–Kier alpha value is -1.52. The summed E-state index contributed by atoms with van der Waals surface area (Å²) < 4.78 is 21.9. The molecule has 29 heavy (non-hydrogen) atoms. The Morgan fingerprint density at radius 1 is 1.17 bits per heavy atom. The summed E-state index contributed by atoms with van der Waals surface area (Å²) in [4.78, 5) is 36.0. The van der Waals surface area contributed by atoms with Crippen LogP contribution in [0.2, 0.25) is 0 Å². The van der Waals surface area contributed by atoms with Crippen molar-refractivity contribution in [2.75, 3.05) is 6.61 Å². The van der Waals surface area contributed by atoms with Gasteiger partial charge in [-0.1, -0.05) is 26.3 Å². The molecule has 0 bridgehead atoms. The number of carbonyl (C=O) groups excluding carboxylic acids is 3. The fraction of sp³-hybridized carbons (Fsp3) is 0.792. The van der Waals surface area contributed by atoms with Gasteiger partial charge in [-0.05, 0) is 67.8 Å². The standard InChI is InChI=1S/C24H33FO4/c1-14-11-20-17-5-6-18(21(28)13-29-15(2)26)22(17,3)9-10-24(20,25)23(4)8-7-16(27)12-19(14)23/h12,14,17-18,20H,5-11,13H2,1-4H3/t14?,17-,18+,20-,22-,23-,24+/m0/s1. The van der Waals surface area contributed by atoms with Crippen LogP contribution in [0.3, 0.4) is 0 Å². The largest absolute Gasteiger partial charge is 0.458 e. The molecule has 0 aromatic rings. The lowest BCUT2D eigenvalue weighted by Gasteiger charge is -2.62. The Bertz CT molecular complexity index is 788. The number of alkyl halides is 1. The van der Waals surface area contributed by atoms with E-state index in [1.165, 1.54) is 6.92 Å². The molecule has 4 aliphatic rings. The minimum absolute atomic E-state index is 0.0181. The van der Waals surface area contributed by atoms with Crippen LogP contribution in [-0.4, -0.2) is 29.8 Å². The van der Waals surface area contributed by atoms with E-state index in [1.54, 1.807) is 6.08 Å². The molecule has 4 rings (SSSR count). The van der Waals surface area contributed by atoms with Crippen molar-refractivity contribution in [2.24, 2.45) is 34.5 Å². The maximum Gasteiger partial charge on any atom is 0.303 e. The zero-order chi connectivity index (χ0) is 21.2. The number of fused-ring (bicyclic) bond motifs is 5. The number of carbonyl (C=O) groups is 3. The number of esters is 1. The second kappa shape index (κ2) is 6.75. The summed E-state index contributed by atoms with van der Waals surface area (Å²) in [6.07, 6.45) is 6.22. The second-order valence-corrected chi connectivity index (χ2v) is 10.5. The summed E-state index contributed by atoms with van der Waals surface area (Å²) in [6.45, 7) is 7.47. The van der Waals surface area contributed by atoms with Gasteiger partial charge in [0.05, 0.1) is 0 Å². The van der Waals surface area contributed by atoms with Crippen LogP contribution < -0.4 is 0 Å². The van der Waals surface area contributed by atoms with Crippen LogP contribution in [0.15, 0.2) is 11.6 Å². The number of hydrogen-bond acceptors (Lipinski definition) is 4. The lowest BCUT2D eigenvalue weighted by atomic mass is 9.43. The molecule has 1 unspecified atom stereocenters. The van der Waals surface area contributed by atoms with Gasteiger partial charge in [-0.25, -0.2) is 4.39 Å². The number of hydrogen-bond donors (Lipinski definition) is 0. The molecule has 3 fully saturated rings. The number of ketones is 2. The van der Waals surface area contributed by atoms with E-state index in [-0.39, 0.29) is 47.3 Å². The van der Waals surface area contributed by atoms with E-state index in [4.69, 9.17) is 4.74 Å². The SMILES string of the molecule is CC(=O)OCC(=O)[C@H]1CC[C@H]2[C@@H]3CC(C)C4=CC(=O)CC[C@]4(C)[C@@]3(F)CC[C@]12C. The van der Waals surface area contributed by atoms with Crippen molar-refractivity contribution in [1.82, 2.24) is 0 Å². The van der Waals surface area contributed by atoms with Gasteiger partial charge in [0, 0.05) is 24.7 Å². The predicted octanol–water partition coefficient (Wildman–Crippen LogP) is 4.60. The molecule has 5 heteroatoms. The number of rotatable bonds is 3. The first-order valence-corrected chi connectivity index (χ1v) is 11.1. The molecule has 7 atom stereocenters. The normalized spacial score (nSPS) is 46.2. The summed E-state index contributed by atoms with van der Waals surface area (Å²) >= 11 is 0. The Kier molecular flexibility index (Phi) is 4.83. The smallest absolute Gasteiger partial charge is 0.303 e. The molecule has 0 N–H and O–H groups in total. The van der Waals surface area contributed by atoms with Crippen molar-refractivity contribution in [3.8, 4) is 0 Å². The highest BCUT2D eigenvalue weighted by Crippen LogP contribution is 2.70. The van der Waals surface area contributed by atoms with Crippen molar-refractivity contribution >= 4 is 17.5 Å². The molecule has 0 heterocycles. The van der Waals surface area contributed by atoms with Crippen LogP contribution in [-0.2, 0) is 19.1 Å². The van der Waals surface area contributed by atoms with Crippen molar-refractivity contribution in [3.63, 3.8) is 0 Å². The van der Waals surface area contributed by atoms with Crippen LogP contribution in [0.5, 0.6) is 0 Å². The zero-order valence-corrected chi connectivity index (χ0v) is 18.1. The average molecular weight is 405 g/mol. The van der Waals surface area contributed by atoms with E-state index in [1.807, 2.05) is 6.92 Å². The fourth-order valence-electron chi connectivity index (χ4n) is 7.64. The molecular weight excluding hydrogens is 371 g/mol. The Labute approximate surface area is 172 Å². The number of allylic oxidation sites excluding steroid dienone is 1. The van der Waals surface area contributed by atoms with Gasteiger partial charge >= 0.3 is 5.97 Å². The third kappa shape index (κ3) is 2.86. The molecule has 0 radical (unpaired) electrons. The van der Waals surface area contributed by atoms with E-state index >= 15 is 4.39 Å². The summed E-state index contributed by atoms with van der Waals surface area (Å²) in [5.41, 5.74) is -1.12. The quantitative estimate of drug-likeness (QED) is 0.645. The van der Waals surface area contributed by atoms with Gasteiger partial charge in [-0.2, -0.15) is 0 Å². The van der Waals surface area contributed by atoms with Gasteiger partial charge < -0.3 is 4.74 Å². The highest BCUT2D eigenvalue weighted by molar-refractivity contribution is 5.92. The summed E-state index contributed by atoms with van der Waals surface area (Å²) in [5, 5.41) is 0. The molecule has 0 aromatic carbocycles. The molecular formula is C24H33FO4. The van der Waals surface area contributed by atoms with E-state index in [9.17, 15) is 14.4 Å². The predicted molar refractivity (Wildman–Crippen MR) is 107 cm³/mol. The lowest BCUT2D eigenvalue weighted by molar-refractivity contribution is -0.161. The molecule has 4 nitrogen and oxygen atoms in total. The van der Waals surface area contributed by atoms with Crippen molar-refractivity contribution < 1.29 is 23.5 Å². The van der Waals surface area contributed by atoms with Gasteiger partial charge in [0.15, 0.2) is 11.6 Å². The summed E-state index contributed by atoms with van der Waals surface area (Å²) in [6, 6.07) is 0. The zero-order valence-electron chi connectivity index (χ0n) is 18.1. The monoisotopic (exact) mass is 404 g/mol. The third-order valence-corrected chi connectivity index (χ3v) is 9.20. The van der Waals surface area contributed by atoms with Crippen LogP contribution in [0.25, 0.3) is 0 Å². The fourth-order valence-corrected chi connectivity index (χ4v) is 7.64. The minimum Gasteiger partial charge on any atom is -0.458 e. The number of Topliss-reactive ketones (excluding diaryl/α,β-unsaturated/α-hetero) is 1. The van der Waals surface area contributed by atoms with Gasteiger partial charge in [0.1, 0.15) is 12.3 Å². The number of ether oxygens (including phenoxy) is 1. The number of halogens is 1. The van der Waals surface area contributed by atoms with Gasteiger partial charge in [0.25, 0.3) is 0 Å². The van der Waals surface area contributed by atoms with Crippen molar-refractivity contribution in [1.29, 1.82) is 0 Å². The molecule has 0 spiro atoms. The van der Waals surface area contributed by atoms with Crippen molar-refractivity contribution in [2.45, 2.75) is 78.3 Å². The average Bonchev–Trinajstić information content (AvgIpc) is 3.01. The van der Waals surface area contributed by atoms with E-state index in [2.05, 4.69) is 13.8 Å². The lowest BCUT2D eigenvalue weighted by Crippen LogP contribution is -2.62. The first kappa shape index (κ1) is 20.7. The second-order valence-electron chi connectivity index (χ2n) is 10.5. The first-order valence-electron chi connectivity index (χ1n) is 11.1. The van der Waals surface area contributed by atoms with Crippen LogP contribution in [0, 0.1) is 34.5 Å². The maximum absolute atomic E-state index is 16.9. The summed E-state index contributed by atoms with van der Waals surface area (Å²) in [7, 11) is 0. The topological polar surface area (TPSA) is 60.4 Å². The summed E-state index contributed by atoms with van der Waals surface area (Å²) in [5.74, 6) is -0.228. The molecule has 0 aliphatic heterocycles. The van der Waals surface area contributed by atoms with Gasteiger partial charge in [0.2, 0.25) is 0 Å². The molecule has 0 aromatic heterocycles. The molecule has 0 amide bonds. The Morgan fingerprint density at radius 3 is 2.59 bits per heavy atom. The Balaban J connectivity index is 1.65. The molecule has 0 saturated heterocycles. The molecule has 3 saturated carbocycles. The maximum atomic E-state index is 16.9. The molecule has 4 aliphatic carbocycles. The van der Waals surface area contributed by atoms with Gasteiger partial charge in [-0.15, -0.1) is 0 Å². The first-order chi connectivity index (χ1) is 13.5. The van der Waals surface area contributed by atoms with Crippen molar-refractivity contribution in [3.05, 3.63) is 11.6 Å². The van der Waals surface area contributed by atoms with E-state index in [0.717, 1.165) is 24.8 Å².